The number of hydrogen-bond donors (Lipinski definition) is 0. The summed E-state index contributed by atoms with van der Waals surface area (Å²) in [6.45, 7) is 1.26. The number of thiazole rings is 1. The van der Waals surface area contributed by atoms with E-state index in [0.29, 0.717) is 6.04 Å². The Kier molecular flexibility index (Phi) is 1.70. The van der Waals surface area contributed by atoms with Gasteiger partial charge in [-0.2, -0.15) is 0 Å². The molecule has 0 spiro atoms. The topological polar surface area (TPSA) is 16.1 Å². The quantitative estimate of drug-likeness (QED) is 0.628. The molecule has 3 heteroatoms. The van der Waals surface area contributed by atoms with Crippen molar-refractivity contribution in [2.75, 3.05) is 13.6 Å². The van der Waals surface area contributed by atoms with Crippen LogP contribution < -0.4 is 0 Å². The normalized spacial score (nSPS) is 33.0. The van der Waals surface area contributed by atoms with Crippen molar-refractivity contribution in [1.82, 2.24) is 9.88 Å². The molecule has 0 radical (unpaired) electrons. The third-order valence-electron chi connectivity index (χ3n) is 3.44. The molecule has 1 aliphatic heterocycles. The summed E-state index contributed by atoms with van der Waals surface area (Å²) >= 11 is 1.85. The lowest BCUT2D eigenvalue weighted by molar-refractivity contribution is 0.127. The maximum Gasteiger partial charge on any atom is 0.0798 e. The van der Waals surface area contributed by atoms with Crippen molar-refractivity contribution in [2.24, 2.45) is 5.92 Å². The van der Waals surface area contributed by atoms with Crippen molar-refractivity contribution < 1.29 is 0 Å². The molecule has 70 valence electrons. The fourth-order valence-electron chi connectivity index (χ4n) is 2.63. The van der Waals surface area contributed by atoms with Gasteiger partial charge in [0.1, 0.15) is 0 Å². The largest absolute Gasteiger partial charge is 0.298 e. The van der Waals surface area contributed by atoms with Gasteiger partial charge in [-0.25, -0.2) is 4.98 Å². The van der Waals surface area contributed by atoms with Crippen LogP contribution in [-0.2, 0) is 6.42 Å². The van der Waals surface area contributed by atoms with Crippen LogP contribution in [0.15, 0.2) is 5.51 Å². The summed E-state index contributed by atoms with van der Waals surface area (Å²) in [5.74, 6) is 0.939. The standard InChI is InChI=1S/C10H14N2S/c1-12-3-2-7-4-8(12)10-9(5-7)13-6-11-10/h6-8H,2-5H2,1H3. The summed E-state index contributed by atoms with van der Waals surface area (Å²) in [6.07, 6.45) is 4.02. The van der Waals surface area contributed by atoms with E-state index >= 15 is 0 Å². The van der Waals surface area contributed by atoms with Crippen LogP contribution in [0.2, 0.25) is 0 Å². The first-order valence-electron chi connectivity index (χ1n) is 4.97. The van der Waals surface area contributed by atoms with Crippen LogP contribution in [0.1, 0.15) is 29.5 Å². The third kappa shape index (κ3) is 1.14. The average Bonchev–Trinajstić information content (AvgIpc) is 2.59. The van der Waals surface area contributed by atoms with Crippen molar-refractivity contribution in [2.45, 2.75) is 25.3 Å². The molecule has 1 aromatic rings. The zero-order valence-electron chi connectivity index (χ0n) is 7.86. The highest BCUT2D eigenvalue weighted by atomic mass is 32.1. The summed E-state index contributed by atoms with van der Waals surface area (Å²) in [5, 5.41) is 0. The highest BCUT2D eigenvalue weighted by Gasteiger charge is 2.35. The Labute approximate surface area is 82.6 Å². The fourth-order valence-corrected chi connectivity index (χ4v) is 3.56. The minimum atomic E-state index is 0.633. The second-order valence-electron chi connectivity index (χ2n) is 4.25. The minimum absolute atomic E-state index is 0.633. The summed E-state index contributed by atoms with van der Waals surface area (Å²) in [7, 11) is 2.23. The van der Waals surface area contributed by atoms with Crippen molar-refractivity contribution in [3.05, 3.63) is 16.1 Å². The lowest BCUT2D eigenvalue weighted by Crippen LogP contribution is -2.37. The van der Waals surface area contributed by atoms with Crippen molar-refractivity contribution in [3.8, 4) is 0 Å². The lowest BCUT2D eigenvalue weighted by atomic mass is 9.81. The van der Waals surface area contributed by atoms with Crippen molar-refractivity contribution in [1.29, 1.82) is 0 Å². The molecule has 2 bridgehead atoms. The first kappa shape index (κ1) is 7.94. The second kappa shape index (κ2) is 2.79. The Balaban J connectivity index is 2.04. The monoisotopic (exact) mass is 194 g/mol. The highest BCUT2D eigenvalue weighted by Crippen LogP contribution is 2.41. The predicted molar refractivity (Wildman–Crippen MR) is 53.9 cm³/mol. The van der Waals surface area contributed by atoms with E-state index < -0.39 is 0 Å². The zero-order chi connectivity index (χ0) is 8.84. The number of rotatable bonds is 0. The van der Waals surface area contributed by atoms with Gasteiger partial charge in [0.25, 0.3) is 0 Å². The van der Waals surface area contributed by atoms with Gasteiger partial charge < -0.3 is 0 Å². The first-order chi connectivity index (χ1) is 6.34. The van der Waals surface area contributed by atoms with E-state index in [0.717, 1.165) is 5.92 Å². The number of fused-ring (bicyclic) bond motifs is 4. The van der Waals surface area contributed by atoms with Gasteiger partial charge in [0, 0.05) is 4.88 Å². The molecule has 2 unspecified atom stereocenters. The molecule has 0 amide bonds. The smallest absolute Gasteiger partial charge is 0.0798 e. The molecule has 2 aliphatic rings. The highest BCUT2D eigenvalue weighted by molar-refractivity contribution is 7.09. The molecule has 0 N–H and O–H groups in total. The molecule has 2 atom stereocenters. The van der Waals surface area contributed by atoms with Crippen LogP contribution in [0.25, 0.3) is 0 Å². The summed E-state index contributed by atoms with van der Waals surface area (Å²) < 4.78 is 0. The molecule has 0 saturated carbocycles. The van der Waals surface area contributed by atoms with E-state index in [1.807, 2.05) is 16.8 Å². The van der Waals surface area contributed by atoms with Crippen molar-refractivity contribution >= 4 is 11.3 Å². The van der Waals surface area contributed by atoms with Gasteiger partial charge in [0.05, 0.1) is 17.2 Å². The summed E-state index contributed by atoms with van der Waals surface area (Å²) in [4.78, 5) is 8.52. The number of nitrogens with zero attached hydrogens (tertiary/aromatic N) is 2. The molecule has 1 aliphatic carbocycles. The zero-order valence-corrected chi connectivity index (χ0v) is 8.68. The first-order valence-corrected chi connectivity index (χ1v) is 5.85. The Morgan fingerprint density at radius 3 is 3.46 bits per heavy atom. The lowest BCUT2D eigenvalue weighted by Gasteiger charge is -2.40. The van der Waals surface area contributed by atoms with Gasteiger partial charge in [0.2, 0.25) is 0 Å². The SMILES string of the molecule is CN1CCC2Cc3scnc3C1C2. The van der Waals surface area contributed by atoms with E-state index in [9.17, 15) is 0 Å². The van der Waals surface area contributed by atoms with E-state index in [2.05, 4.69) is 16.9 Å². The van der Waals surface area contributed by atoms with Crippen LogP contribution in [0.3, 0.4) is 0 Å². The van der Waals surface area contributed by atoms with Crippen LogP contribution >= 0.6 is 11.3 Å². The molecule has 1 aromatic heterocycles. The molecule has 2 nitrogen and oxygen atoms in total. The Bertz CT molecular complexity index is 320. The van der Waals surface area contributed by atoms with Gasteiger partial charge in [0.15, 0.2) is 0 Å². The fraction of sp³-hybridized carbons (Fsp3) is 0.700. The molecular formula is C10H14N2S. The van der Waals surface area contributed by atoms with E-state index in [1.165, 1.54) is 31.5 Å². The molecule has 1 saturated heterocycles. The van der Waals surface area contributed by atoms with Gasteiger partial charge in [-0.1, -0.05) is 0 Å². The Morgan fingerprint density at radius 1 is 1.62 bits per heavy atom. The summed E-state index contributed by atoms with van der Waals surface area (Å²) in [6, 6.07) is 0.633. The van der Waals surface area contributed by atoms with Gasteiger partial charge >= 0.3 is 0 Å². The van der Waals surface area contributed by atoms with Crippen LogP contribution in [0.5, 0.6) is 0 Å². The number of hydrogen-bond acceptors (Lipinski definition) is 3. The third-order valence-corrected chi connectivity index (χ3v) is 4.31. The molecule has 13 heavy (non-hydrogen) atoms. The van der Waals surface area contributed by atoms with Crippen molar-refractivity contribution in [3.63, 3.8) is 0 Å². The van der Waals surface area contributed by atoms with Gasteiger partial charge in [-0.15, -0.1) is 11.3 Å². The molecule has 3 rings (SSSR count). The summed E-state index contributed by atoms with van der Waals surface area (Å²) in [5.41, 5.74) is 3.39. The molecule has 0 aromatic carbocycles. The van der Waals surface area contributed by atoms with E-state index in [4.69, 9.17) is 0 Å². The molecular weight excluding hydrogens is 180 g/mol. The number of piperidine rings is 1. The van der Waals surface area contributed by atoms with Crippen LogP contribution in [0.4, 0.5) is 0 Å². The van der Waals surface area contributed by atoms with E-state index in [-0.39, 0.29) is 0 Å². The van der Waals surface area contributed by atoms with Gasteiger partial charge in [-0.3, -0.25) is 4.90 Å². The molecule has 1 fully saturated rings. The van der Waals surface area contributed by atoms with Crippen LogP contribution in [-0.4, -0.2) is 23.5 Å². The number of aromatic nitrogens is 1. The second-order valence-corrected chi connectivity index (χ2v) is 5.19. The Hall–Kier alpha value is -0.410. The van der Waals surface area contributed by atoms with Crippen LogP contribution in [0, 0.1) is 5.92 Å². The van der Waals surface area contributed by atoms with E-state index in [1.54, 1.807) is 4.88 Å². The Morgan fingerprint density at radius 2 is 2.54 bits per heavy atom. The maximum absolute atomic E-state index is 4.50. The molecule has 2 heterocycles. The maximum atomic E-state index is 4.50. The average molecular weight is 194 g/mol. The predicted octanol–water partition coefficient (Wildman–Crippen LogP) is 2.08. The van der Waals surface area contributed by atoms with Gasteiger partial charge in [-0.05, 0) is 38.8 Å². The minimum Gasteiger partial charge on any atom is -0.298 e. The number of likely N-dealkylation sites (tertiary alicyclic amines) is 1.